The highest BCUT2D eigenvalue weighted by Crippen LogP contribution is 2.26. The second-order valence-corrected chi connectivity index (χ2v) is 9.56. The number of hydrogen-bond donors (Lipinski definition) is 1. The molecule has 0 aromatic heterocycles. The average molecular weight is 492 g/mol. The molecule has 0 radical (unpaired) electrons. The summed E-state index contributed by atoms with van der Waals surface area (Å²) < 4.78 is 13.2. The summed E-state index contributed by atoms with van der Waals surface area (Å²) in [5.41, 5.74) is 8.38. The molecule has 7 nitrogen and oxygen atoms in total. The molecule has 190 valence electrons. The number of likely N-dealkylation sites (tertiary alicyclic amines) is 1. The number of rotatable bonds is 9. The van der Waals surface area contributed by atoms with E-state index in [1.807, 2.05) is 12.1 Å². The first-order valence-electron chi connectivity index (χ1n) is 12.3. The van der Waals surface area contributed by atoms with E-state index in [9.17, 15) is 19.2 Å². The van der Waals surface area contributed by atoms with Gasteiger partial charge in [-0.15, -0.1) is 0 Å². The molecule has 0 unspecified atom stereocenters. The highest BCUT2D eigenvalue weighted by molar-refractivity contribution is 6.01. The molecule has 0 amide bonds. The van der Waals surface area contributed by atoms with Crippen LogP contribution in [0, 0.1) is 23.2 Å². The first-order chi connectivity index (χ1) is 17.2. The zero-order chi connectivity index (χ0) is 26.2. The molecule has 0 aliphatic carbocycles. The molecular weight excluding hydrogens is 457 g/mol. The summed E-state index contributed by atoms with van der Waals surface area (Å²) in [5, 5.41) is 9.61. The Morgan fingerprint density at radius 3 is 2.36 bits per heavy atom. The molecule has 1 saturated heterocycles. The van der Waals surface area contributed by atoms with Gasteiger partial charge in [-0.25, -0.2) is 14.3 Å². The van der Waals surface area contributed by atoms with Gasteiger partial charge >= 0.3 is 0 Å². The third kappa shape index (κ3) is 7.46. The summed E-state index contributed by atoms with van der Waals surface area (Å²) >= 11 is 0. The largest absolute Gasteiger partial charge is 0.369 e. The lowest BCUT2D eigenvalue weighted by atomic mass is 9.86. The number of hydrogen-bond acceptors (Lipinski definition) is 5. The minimum Gasteiger partial charge on any atom is -0.369 e. The lowest BCUT2D eigenvalue weighted by molar-refractivity contribution is 0.101. The second kappa shape index (κ2) is 12.4. The first-order valence-corrected chi connectivity index (χ1v) is 12.3. The van der Waals surface area contributed by atoms with E-state index in [-0.39, 0.29) is 23.3 Å². The summed E-state index contributed by atoms with van der Waals surface area (Å²) in [7, 11) is 0. The Labute approximate surface area is 212 Å². The van der Waals surface area contributed by atoms with Gasteiger partial charge in [0.2, 0.25) is 5.96 Å². The summed E-state index contributed by atoms with van der Waals surface area (Å²) in [6.07, 6.45) is 5.94. The number of aliphatic imine (C=N–C) groups is 1. The highest BCUT2D eigenvalue weighted by atomic mass is 19.1. The number of halogens is 1. The standard InChI is InChI=1S/C28H34FN5O2/c1-19-13-23(14-22-5-7-26(29)8-6-22)9-12-33(19)10-4-11-34(18-30)28(31)32-27-16-24(20(2)35)15-25(17-27)21(3)36/h5-8,15-17,19,23H,4,9-14H2,1-3H3,(H2,31,32)/t19-,23+/m0/s1. The van der Waals surface area contributed by atoms with Crippen molar-refractivity contribution < 1.29 is 14.0 Å². The summed E-state index contributed by atoms with van der Waals surface area (Å²) in [5.74, 6) is 0.0376. The molecule has 8 heteroatoms. The summed E-state index contributed by atoms with van der Waals surface area (Å²) in [6, 6.07) is 11.9. The number of guanidine groups is 1. The normalized spacial score (nSPS) is 18.5. The van der Waals surface area contributed by atoms with E-state index in [0.29, 0.717) is 35.3 Å². The first kappa shape index (κ1) is 27.0. The van der Waals surface area contributed by atoms with Crippen molar-refractivity contribution in [2.24, 2.45) is 16.6 Å². The van der Waals surface area contributed by atoms with Gasteiger partial charge in [-0.2, -0.15) is 5.26 Å². The number of nitrogens with two attached hydrogens (primary N) is 1. The fourth-order valence-corrected chi connectivity index (χ4v) is 4.71. The van der Waals surface area contributed by atoms with Crippen molar-refractivity contribution >= 4 is 23.2 Å². The third-order valence-corrected chi connectivity index (χ3v) is 6.76. The van der Waals surface area contributed by atoms with E-state index in [0.717, 1.165) is 38.8 Å². The molecule has 2 N–H and O–H groups in total. The predicted molar refractivity (Wildman–Crippen MR) is 139 cm³/mol. The zero-order valence-electron chi connectivity index (χ0n) is 21.2. The van der Waals surface area contributed by atoms with Crippen LogP contribution in [0.1, 0.15) is 66.3 Å². The van der Waals surface area contributed by atoms with Crippen LogP contribution >= 0.6 is 0 Å². The monoisotopic (exact) mass is 491 g/mol. The molecule has 1 aliphatic rings. The van der Waals surface area contributed by atoms with Crippen LogP contribution < -0.4 is 5.73 Å². The average Bonchev–Trinajstić information content (AvgIpc) is 2.84. The van der Waals surface area contributed by atoms with Gasteiger partial charge in [0.25, 0.3) is 0 Å². The van der Waals surface area contributed by atoms with Crippen LogP contribution in [0.15, 0.2) is 47.5 Å². The maximum atomic E-state index is 13.2. The van der Waals surface area contributed by atoms with Crippen LogP contribution in [0.5, 0.6) is 0 Å². The number of nitrogens with zero attached hydrogens (tertiary/aromatic N) is 4. The van der Waals surface area contributed by atoms with E-state index in [4.69, 9.17) is 5.73 Å². The van der Waals surface area contributed by atoms with E-state index in [1.54, 1.807) is 12.1 Å². The Bertz CT molecular complexity index is 1120. The van der Waals surface area contributed by atoms with Crippen LogP contribution in [0.3, 0.4) is 0 Å². The maximum Gasteiger partial charge on any atom is 0.209 e. The predicted octanol–water partition coefficient (Wildman–Crippen LogP) is 4.69. The van der Waals surface area contributed by atoms with Crippen molar-refractivity contribution in [3.8, 4) is 6.19 Å². The number of Topliss-reactive ketones (excluding diaryl/α,β-unsaturated/α-hetero) is 2. The second-order valence-electron chi connectivity index (χ2n) is 9.56. The van der Waals surface area contributed by atoms with Crippen LogP contribution in [0.4, 0.5) is 10.1 Å². The van der Waals surface area contributed by atoms with Gasteiger partial charge in [-0.1, -0.05) is 12.1 Å². The fourth-order valence-electron chi connectivity index (χ4n) is 4.71. The van der Waals surface area contributed by atoms with Crippen LogP contribution in [0.25, 0.3) is 0 Å². The topological polar surface area (TPSA) is 103 Å². The van der Waals surface area contributed by atoms with E-state index in [1.165, 1.54) is 42.5 Å². The van der Waals surface area contributed by atoms with Gasteiger partial charge in [0, 0.05) is 30.3 Å². The van der Waals surface area contributed by atoms with Crippen LogP contribution in [-0.2, 0) is 6.42 Å². The molecule has 1 aliphatic heterocycles. The molecule has 0 saturated carbocycles. The Morgan fingerprint density at radius 1 is 1.17 bits per heavy atom. The van der Waals surface area contributed by atoms with Crippen molar-refractivity contribution in [3.05, 3.63) is 65.0 Å². The van der Waals surface area contributed by atoms with E-state index >= 15 is 0 Å². The maximum absolute atomic E-state index is 13.2. The van der Waals surface area contributed by atoms with Crippen molar-refractivity contribution in [3.63, 3.8) is 0 Å². The molecule has 0 bridgehead atoms. The van der Waals surface area contributed by atoms with Gasteiger partial charge in [-0.05, 0) is 94.8 Å². The quantitative estimate of drug-likeness (QED) is 0.179. The van der Waals surface area contributed by atoms with Crippen molar-refractivity contribution in [2.45, 2.75) is 52.5 Å². The van der Waals surface area contributed by atoms with Gasteiger partial charge in [0.05, 0.1) is 5.69 Å². The molecule has 36 heavy (non-hydrogen) atoms. The number of ketones is 2. The minimum absolute atomic E-state index is 0.0266. The number of benzene rings is 2. The molecule has 2 aromatic carbocycles. The van der Waals surface area contributed by atoms with Crippen molar-refractivity contribution in [1.82, 2.24) is 9.80 Å². The molecule has 1 heterocycles. The van der Waals surface area contributed by atoms with Crippen molar-refractivity contribution in [2.75, 3.05) is 19.6 Å². The number of carbonyl (C=O) groups excluding carboxylic acids is 2. The minimum atomic E-state index is -0.204. The van der Waals surface area contributed by atoms with Crippen LogP contribution in [-0.4, -0.2) is 53.0 Å². The number of piperidine rings is 1. The number of carbonyl (C=O) groups is 2. The lowest BCUT2D eigenvalue weighted by Gasteiger charge is -2.38. The molecule has 2 atom stereocenters. The smallest absolute Gasteiger partial charge is 0.209 e. The summed E-state index contributed by atoms with van der Waals surface area (Å²) in [4.78, 5) is 31.7. The molecule has 2 aromatic rings. The Balaban J connectivity index is 1.54. The number of nitriles is 1. The van der Waals surface area contributed by atoms with Crippen molar-refractivity contribution in [1.29, 1.82) is 5.26 Å². The van der Waals surface area contributed by atoms with Gasteiger partial charge in [0.1, 0.15) is 5.82 Å². The molecular formula is C28H34FN5O2. The SMILES string of the molecule is CC(=O)c1cc(N=C(N)N(C#N)CCCN2CC[C@@H](Cc3ccc(F)cc3)C[C@@H]2C)cc(C(C)=O)c1. The van der Waals surface area contributed by atoms with Gasteiger partial charge in [0.15, 0.2) is 17.8 Å². The van der Waals surface area contributed by atoms with E-state index in [2.05, 4.69) is 23.0 Å². The van der Waals surface area contributed by atoms with Gasteiger partial charge in [-0.3, -0.25) is 9.59 Å². The highest BCUT2D eigenvalue weighted by Gasteiger charge is 2.25. The Hall–Kier alpha value is -3.57. The Kier molecular flexibility index (Phi) is 9.31. The van der Waals surface area contributed by atoms with Gasteiger partial charge < -0.3 is 10.6 Å². The molecule has 0 spiro atoms. The Morgan fingerprint density at radius 2 is 1.81 bits per heavy atom. The molecule has 3 rings (SSSR count). The fraction of sp³-hybridized carbons (Fsp3) is 0.429. The summed E-state index contributed by atoms with van der Waals surface area (Å²) in [6.45, 7) is 7.30. The van der Waals surface area contributed by atoms with E-state index < -0.39 is 0 Å². The third-order valence-electron chi connectivity index (χ3n) is 6.76. The van der Waals surface area contributed by atoms with Crippen LogP contribution in [0.2, 0.25) is 0 Å². The molecule has 1 fully saturated rings. The lowest BCUT2D eigenvalue weighted by Crippen LogP contribution is -2.43. The zero-order valence-corrected chi connectivity index (χ0v) is 21.2.